The smallest absolute Gasteiger partial charge is 0.366 e. The van der Waals surface area contributed by atoms with Crippen molar-refractivity contribution in [1.82, 2.24) is 9.80 Å². The molecule has 0 unspecified atom stereocenters. The molecule has 9 nitrogen and oxygen atoms in total. The first-order valence-electron chi connectivity index (χ1n) is 11.5. The van der Waals surface area contributed by atoms with Crippen molar-refractivity contribution in [2.45, 2.75) is 32.1 Å². The lowest BCUT2D eigenvalue weighted by Gasteiger charge is -2.39. The standard InChI is InChI=1S/C24H29N3O6S/c1-32-21-19(16-34-23(21)27(30)31)22(29)26-14-11-24(17-26)9-12-25(13-10-24)20(28)8-5-15-33-18-6-3-2-4-7-18/h2-4,6-7,16H,5,8-15,17H2,1H3. The monoisotopic (exact) mass is 487 g/mol. The molecular formula is C24H29N3O6S. The molecule has 2 aromatic rings. The van der Waals surface area contributed by atoms with Crippen LogP contribution in [0, 0.1) is 15.5 Å². The van der Waals surface area contributed by atoms with Crippen LogP contribution >= 0.6 is 11.3 Å². The highest BCUT2D eigenvalue weighted by Crippen LogP contribution is 2.43. The lowest BCUT2D eigenvalue weighted by Crippen LogP contribution is -2.44. The molecule has 2 aliphatic rings. The molecule has 0 radical (unpaired) electrons. The Hall–Kier alpha value is -3.14. The van der Waals surface area contributed by atoms with Gasteiger partial charge in [0.1, 0.15) is 5.75 Å². The summed E-state index contributed by atoms with van der Waals surface area (Å²) in [6, 6.07) is 9.57. The van der Waals surface area contributed by atoms with Crippen molar-refractivity contribution in [1.29, 1.82) is 0 Å². The van der Waals surface area contributed by atoms with Gasteiger partial charge in [-0.25, -0.2) is 0 Å². The minimum Gasteiger partial charge on any atom is -0.494 e. The summed E-state index contributed by atoms with van der Waals surface area (Å²) in [7, 11) is 1.35. The lowest BCUT2D eigenvalue weighted by molar-refractivity contribution is -0.381. The van der Waals surface area contributed by atoms with Crippen LogP contribution in [0.3, 0.4) is 0 Å². The summed E-state index contributed by atoms with van der Waals surface area (Å²) in [6.07, 6.45) is 3.71. The minimum absolute atomic E-state index is 0.00193. The van der Waals surface area contributed by atoms with Crippen LogP contribution in [0.4, 0.5) is 5.00 Å². The highest BCUT2D eigenvalue weighted by molar-refractivity contribution is 7.14. The van der Waals surface area contributed by atoms with Crippen molar-refractivity contribution >= 4 is 28.2 Å². The SMILES string of the molecule is COc1c(C(=O)N2CCC3(CCN(C(=O)CCCOc4ccccc4)CC3)C2)csc1[N+](=O)[O-]. The maximum atomic E-state index is 13.1. The van der Waals surface area contributed by atoms with E-state index in [0.29, 0.717) is 45.6 Å². The topological polar surface area (TPSA) is 102 Å². The van der Waals surface area contributed by atoms with Gasteiger partial charge in [0, 0.05) is 38.0 Å². The highest BCUT2D eigenvalue weighted by Gasteiger charge is 2.43. The number of methoxy groups -OCH3 is 1. The first kappa shape index (κ1) is 24.0. The van der Waals surface area contributed by atoms with Crippen molar-refractivity contribution in [3.05, 3.63) is 51.4 Å². The number of amides is 2. The van der Waals surface area contributed by atoms with Crippen molar-refractivity contribution in [2.75, 3.05) is 39.9 Å². The molecule has 3 heterocycles. The summed E-state index contributed by atoms with van der Waals surface area (Å²) in [5, 5.41) is 12.5. The molecule has 1 aromatic carbocycles. The van der Waals surface area contributed by atoms with E-state index in [4.69, 9.17) is 9.47 Å². The molecule has 1 spiro atoms. The predicted octanol–water partition coefficient (Wildman–Crippen LogP) is 3.98. The molecule has 2 fully saturated rings. The Morgan fingerprint density at radius 3 is 2.44 bits per heavy atom. The van der Waals surface area contributed by atoms with E-state index in [1.54, 1.807) is 4.90 Å². The molecule has 4 rings (SSSR count). The second-order valence-corrected chi connectivity index (χ2v) is 9.73. The lowest BCUT2D eigenvalue weighted by atomic mass is 9.77. The second kappa shape index (κ2) is 10.4. The number of para-hydroxylation sites is 1. The van der Waals surface area contributed by atoms with Gasteiger partial charge in [0.05, 0.1) is 24.2 Å². The van der Waals surface area contributed by atoms with E-state index in [1.165, 1.54) is 12.5 Å². The van der Waals surface area contributed by atoms with E-state index < -0.39 is 4.92 Å². The Morgan fingerprint density at radius 1 is 1.12 bits per heavy atom. The largest absolute Gasteiger partial charge is 0.494 e. The fourth-order valence-corrected chi connectivity index (χ4v) is 5.64. The maximum absolute atomic E-state index is 13.1. The van der Waals surface area contributed by atoms with Crippen molar-refractivity contribution in [3.63, 3.8) is 0 Å². The van der Waals surface area contributed by atoms with Gasteiger partial charge in [-0.15, -0.1) is 0 Å². The second-order valence-electron chi connectivity index (χ2n) is 8.87. The first-order valence-corrected chi connectivity index (χ1v) is 12.4. The number of carbonyl (C=O) groups excluding carboxylic acids is 2. The van der Waals surface area contributed by atoms with Gasteiger partial charge in [0.25, 0.3) is 5.91 Å². The van der Waals surface area contributed by atoms with Crippen molar-refractivity contribution < 1.29 is 24.0 Å². The van der Waals surface area contributed by atoms with Crippen LogP contribution in [0.25, 0.3) is 0 Å². The van der Waals surface area contributed by atoms with Crippen molar-refractivity contribution in [3.8, 4) is 11.5 Å². The van der Waals surface area contributed by atoms with E-state index in [2.05, 4.69) is 0 Å². The van der Waals surface area contributed by atoms with Gasteiger partial charge in [-0.05, 0) is 43.2 Å². The van der Waals surface area contributed by atoms with Crippen LogP contribution in [-0.2, 0) is 4.79 Å². The molecule has 0 N–H and O–H groups in total. The quantitative estimate of drug-likeness (QED) is 0.317. The van der Waals surface area contributed by atoms with Gasteiger partial charge in [-0.1, -0.05) is 29.5 Å². The number of nitrogens with zero attached hydrogens (tertiary/aromatic N) is 3. The molecule has 0 atom stereocenters. The number of hydrogen-bond acceptors (Lipinski definition) is 7. The number of piperidine rings is 1. The summed E-state index contributed by atoms with van der Waals surface area (Å²) in [4.78, 5) is 40.1. The number of rotatable bonds is 8. The number of thiophene rings is 1. The van der Waals surface area contributed by atoms with Gasteiger partial charge in [0.2, 0.25) is 11.7 Å². The summed E-state index contributed by atoms with van der Waals surface area (Å²) in [5.74, 6) is 0.769. The molecular weight excluding hydrogens is 458 g/mol. The molecule has 34 heavy (non-hydrogen) atoms. The van der Waals surface area contributed by atoms with E-state index in [0.717, 1.165) is 36.3 Å². The fourth-order valence-electron chi connectivity index (χ4n) is 4.81. The molecule has 2 aliphatic heterocycles. The number of likely N-dealkylation sites (tertiary alicyclic amines) is 2. The molecule has 2 saturated heterocycles. The first-order chi connectivity index (χ1) is 16.4. The Kier molecular flexibility index (Phi) is 7.35. The van der Waals surface area contributed by atoms with Crippen LogP contribution in [0.5, 0.6) is 11.5 Å². The minimum atomic E-state index is -0.522. The Labute approximate surface area is 202 Å². The molecule has 0 saturated carbocycles. The molecule has 1 aromatic heterocycles. The predicted molar refractivity (Wildman–Crippen MR) is 127 cm³/mol. The highest BCUT2D eigenvalue weighted by atomic mass is 32.1. The number of hydrogen-bond donors (Lipinski definition) is 0. The zero-order chi connectivity index (χ0) is 24.1. The summed E-state index contributed by atoms with van der Waals surface area (Å²) >= 11 is 0.909. The molecule has 10 heteroatoms. The number of nitro groups is 1. The third-order valence-corrected chi connectivity index (χ3v) is 7.69. The molecule has 182 valence electrons. The Morgan fingerprint density at radius 2 is 1.79 bits per heavy atom. The number of carbonyl (C=O) groups is 2. The van der Waals surface area contributed by atoms with Crippen LogP contribution < -0.4 is 9.47 Å². The van der Waals surface area contributed by atoms with Crippen molar-refractivity contribution in [2.24, 2.45) is 5.41 Å². The van der Waals surface area contributed by atoms with Crippen LogP contribution in [0.2, 0.25) is 0 Å². The average Bonchev–Trinajstić information content (AvgIpc) is 3.47. The summed E-state index contributed by atoms with van der Waals surface area (Å²) < 4.78 is 10.8. The summed E-state index contributed by atoms with van der Waals surface area (Å²) in [5.41, 5.74) is 0.250. The zero-order valence-corrected chi connectivity index (χ0v) is 20.1. The number of ether oxygens (including phenoxy) is 2. The van der Waals surface area contributed by atoms with Crippen LogP contribution in [0.1, 0.15) is 42.5 Å². The third kappa shape index (κ3) is 5.16. The number of benzene rings is 1. The van der Waals surface area contributed by atoms with E-state index in [1.807, 2.05) is 35.2 Å². The maximum Gasteiger partial charge on any atom is 0.366 e. The van der Waals surface area contributed by atoms with Gasteiger partial charge in [-0.3, -0.25) is 19.7 Å². The van der Waals surface area contributed by atoms with Gasteiger partial charge in [0.15, 0.2) is 0 Å². The molecule has 0 bridgehead atoms. The Bertz CT molecular complexity index is 1030. The fraction of sp³-hybridized carbons (Fsp3) is 0.500. The van der Waals surface area contributed by atoms with Gasteiger partial charge in [-0.2, -0.15) is 0 Å². The molecule has 0 aliphatic carbocycles. The van der Waals surface area contributed by atoms with E-state index in [9.17, 15) is 19.7 Å². The molecule has 2 amide bonds. The summed E-state index contributed by atoms with van der Waals surface area (Å²) in [6.45, 7) is 3.10. The Balaban J connectivity index is 1.25. The van der Waals surface area contributed by atoms with E-state index >= 15 is 0 Å². The third-order valence-electron chi connectivity index (χ3n) is 6.78. The van der Waals surface area contributed by atoms with E-state index in [-0.39, 0.29) is 33.5 Å². The van der Waals surface area contributed by atoms with Gasteiger partial charge < -0.3 is 19.3 Å². The zero-order valence-electron chi connectivity index (χ0n) is 19.2. The average molecular weight is 488 g/mol. The normalized spacial score (nSPS) is 17.1. The van der Waals surface area contributed by atoms with Gasteiger partial charge >= 0.3 is 5.00 Å². The van der Waals surface area contributed by atoms with Crippen LogP contribution in [-0.4, -0.2) is 66.4 Å². The van der Waals surface area contributed by atoms with Crippen LogP contribution in [0.15, 0.2) is 35.7 Å².